The first-order valence-corrected chi connectivity index (χ1v) is 11.6. The van der Waals surface area contributed by atoms with Crippen molar-refractivity contribution in [3.05, 3.63) is 59.8 Å². The molecule has 0 atom stereocenters. The first kappa shape index (κ1) is 23.5. The minimum atomic E-state index is -1.46. The van der Waals surface area contributed by atoms with Crippen LogP contribution in [0.4, 0.5) is 4.79 Å². The molecule has 34 heavy (non-hydrogen) atoms. The van der Waals surface area contributed by atoms with Crippen molar-refractivity contribution < 1.29 is 19.7 Å². The summed E-state index contributed by atoms with van der Waals surface area (Å²) in [6.45, 7) is 5.39. The number of imidazole rings is 1. The average Bonchev–Trinajstić information content (AvgIpc) is 3.44. The molecule has 2 heterocycles. The van der Waals surface area contributed by atoms with Crippen LogP contribution in [0, 0.1) is 0 Å². The van der Waals surface area contributed by atoms with E-state index in [0.717, 1.165) is 28.0 Å². The fourth-order valence-corrected chi connectivity index (χ4v) is 4.28. The highest BCUT2D eigenvalue weighted by Gasteiger charge is 2.31. The lowest BCUT2D eigenvalue weighted by Crippen LogP contribution is -2.19. The maximum absolute atomic E-state index is 11.4. The molecule has 0 saturated carbocycles. The monoisotopic (exact) mass is 480 g/mol. The molecule has 3 N–H and O–H groups in total. The van der Waals surface area contributed by atoms with E-state index < -0.39 is 11.8 Å². The maximum atomic E-state index is 11.4. The van der Waals surface area contributed by atoms with E-state index >= 15 is 0 Å². The highest BCUT2D eigenvalue weighted by molar-refractivity contribution is 7.99. The summed E-state index contributed by atoms with van der Waals surface area (Å²) in [4.78, 5) is 15.9. The van der Waals surface area contributed by atoms with Crippen LogP contribution in [0.5, 0.6) is 5.88 Å². The number of tetrazole rings is 1. The summed E-state index contributed by atoms with van der Waals surface area (Å²) in [5.41, 5.74) is 2.50. The van der Waals surface area contributed by atoms with Crippen LogP contribution in [0.15, 0.2) is 53.7 Å². The van der Waals surface area contributed by atoms with Gasteiger partial charge in [0.15, 0.2) is 5.16 Å². The summed E-state index contributed by atoms with van der Waals surface area (Å²) in [6, 6.07) is 15.6. The molecule has 11 heteroatoms. The van der Waals surface area contributed by atoms with Gasteiger partial charge in [0.2, 0.25) is 11.7 Å². The third kappa shape index (κ3) is 4.95. The number of aliphatic hydroxyl groups is 1. The van der Waals surface area contributed by atoms with E-state index in [0.29, 0.717) is 17.5 Å². The Morgan fingerprint density at radius 2 is 1.85 bits per heavy atom. The lowest BCUT2D eigenvalue weighted by atomic mass is 9.98. The van der Waals surface area contributed by atoms with Crippen LogP contribution in [0.2, 0.25) is 0 Å². The van der Waals surface area contributed by atoms with Crippen LogP contribution >= 0.6 is 11.8 Å². The molecule has 0 fully saturated rings. The Bertz CT molecular complexity index is 1280. The minimum absolute atomic E-state index is 0.0162. The number of thioether (sulfide) groups is 1. The van der Waals surface area contributed by atoms with Gasteiger partial charge in [-0.3, -0.25) is 4.57 Å². The van der Waals surface area contributed by atoms with Gasteiger partial charge >= 0.3 is 6.16 Å². The van der Waals surface area contributed by atoms with Crippen molar-refractivity contribution in [3.8, 4) is 28.4 Å². The zero-order chi connectivity index (χ0) is 24.3. The molecule has 0 spiro atoms. The number of hydrogen-bond acceptors (Lipinski definition) is 8. The zero-order valence-electron chi connectivity index (χ0n) is 18.9. The van der Waals surface area contributed by atoms with Crippen LogP contribution in [0.3, 0.4) is 0 Å². The normalized spacial score (nSPS) is 11.5. The predicted octanol–water partition coefficient (Wildman–Crippen LogP) is 4.17. The van der Waals surface area contributed by atoms with E-state index in [1.165, 1.54) is 11.8 Å². The number of carboxylic acid groups (broad SMARTS) is 1. The lowest BCUT2D eigenvalue weighted by Gasteiger charge is -2.17. The Hall–Kier alpha value is -3.70. The summed E-state index contributed by atoms with van der Waals surface area (Å²) in [7, 11) is 0. The van der Waals surface area contributed by atoms with Crippen LogP contribution in [0.25, 0.3) is 22.5 Å². The van der Waals surface area contributed by atoms with Crippen molar-refractivity contribution in [2.24, 2.45) is 0 Å². The molecule has 176 valence electrons. The van der Waals surface area contributed by atoms with Crippen LogP contribution < -0.4 is 4.74 Å². The summed E-state index contributed by atoms with van der Waals surface area (Å²) >= 11 is 1.44. The maximum Gasteiger partial charge on any atom is 0.512 e. The summed E-state index contributed by atoms with van der Waals surface area (Å²) in [5.74, 6) is 1.25. The van der Waals surface area contributed by atoms with Crippen molar-refractivity contribution in [2.45, 2.75) is 38.1 Å². The van der Waals surface area contributed by atoms with Gasteiger partial charge in [-0.2, -0.15) is 5.21 Å². The van der Waals surface area contributed by atoms with E-state index in [1.807, 2.05) is 55.5 Å². The number of H-pyrrole nitrogens is 1. The van der Waals surface area contributed by atoms with E-state index in [9.17, 15) is 15.0 Å². The van der Waals surface area contributed by atoms with Crippen molar-refractivity contribution in [2.75, 3.05) is 5.75 Å². The molecule has 0 bridgehead atoms. The number of rotatable bonds is 8. The molecule has 0 saturated heterocycles. The van der Waals surface area contributed by atoms with Gasteiger partial charge < -0.3 is 14.9 Å². The molecular weight excluding hydrogens is 456 g/mol. The van der Waals surface area contributed by atoms with E-state index in [4.69, 9.17) is 4.74 Å². The second kappa shape index (κ2) is 9.65. The highest BCUT2D eigenvalue weighted by atomic mass is 32.2. The Labute approximate surface area is 200 Å². The highest BCUT2D eigenvalue weighted by Crippen LogP contribution is 2.35. The Morgan fingerprint density at radius 3 is 2.44 bits per heavy atom. The molecule has 2 aromatic carbocycles. The average molecular weight is 481 g/mol. The molecule has 0 aliphatic heterocycles. The van der Waals surface area contributed by atoms with Crippen molar-refractivity contribution in [3.63, 3.8) is 0 Å². The molecular formula is C23H24N6O4S. The van der Waals surface area contributed by atoms with Gasteiger partial charge in [-0.05, 0) is 41.5 Å². The first-order chi connectivity index (χ1) is 16.3. The van der Waals surface area contributed by atoms with Gasteiger partial charge in [0.1, 0.15) is 11.3 Å². The molecule has 4 aromatic rings. The number of aromatic amines is 1. The van der Waals surface area contributed by atoms with Gasteiger partial charge in [-0.25, -0.2) is 9.78 Å². The van der Waals surface area contributed by atoms with Gasteiger partial charge in [0, 0.05) is 5.56 Å². The molecule has 4 rings (SSSR count). The smallest absolute Gasteiger partial charge is 0.449 e. The van der Waals surface area contributed by atoms with Crippen molar-refractivity contribution in [1.29, 1.82) is 0 Å². The second-order valence-corrected chi connectivity index (χ2v) is 9.20. The number of nitrogens with zero attached hydrogens (tertiary/aromatic N) is 5. The topological polar surface area (TPSA) is 139 Å². The molecule has 0 aliphatic carbocycles. The number of hydrogen-bond donors (Lipinski definition) is 3. The predicted molar refractivity (Wildman–Crippen MR) is 127 cm³/mol. The van der Waals surface area contributed by atoms with Crippen molar-refractivity contribution in [1.82, 2.24) is 30.2 Å². The van der Waals surface area contributed by atoms with E-state index in [-0.39, 0.29) is 11.6 Å². The minimum Gasteiger partial charge on any atom is -0.449 e. The van der Waals surface area contributed by atoms with E-state index in [1.54, 1.807) is 18.4 Å². The fourth-order valence-electron chi connectivity index (χ4n) is 3.56. The molecule has 0 aliphatic rings. The third-order valence-corrected chi connectivity index (χ3v) is 5.90. The lowest BCUT2D eigenvalue weighted by molar-refractivity contribution is 0.0694. The van der Waals surface area contributed by atoms with Crippen LogP contribution in [0.1, 0.15) is 32.0 Å². The summed E-state index contributed by atoms with van der Waals surface area (Å²) in [6.07, 6.45) is -1.46. The van der Waals surface area contributed by atoms with Crippen LogP contribution in [-0.2, 0) is 12.1 Å². The molecule has 0 amide bonds. The third-order valence-electron chi connectivity index (χ3n) is 5.04. The SMILES string of the molecule is CCSc1nc(C(C)(C)O)c(OC(=O)O)n1Cc1ccc(-c2ccccc2-c2nn[nH]n2)cc1. The fraction of sp³-hybridized carbons (Fsp3) is 0.261. The van der Waals surface area contributed by atoms with E-state index in [2.05, 4.69) is 25.6 Å². The van der Waals surface area contributed by atoms with Gasteiger partial charge in [-0.1, -0.05) is 67.2 Å². The quantitative estimate of drug-likeness (QED) is 0.250. The van der Waals surface area contributed by atoms with Gasteiger partial charge in [0.05, 0.1) is 6.54 Å². The molecule has 0 unspecified atom stereocenters. The Morgan fingerprint density at radius 1 is 1.15 bits per heavy atom. The van der Waals surface area contributed by atoms with Gasteiger partial charge in [0.25, 0.3) is 0 Å². The number of ether oxygens (including phenoxy) is 1. The number of carbonyl (C=O) groups is 1. The number of nitrogens with one attached hydrogen (secondary N) is 1. The van der Waals surface area contributed by atoms with Crippen LogP contribution in [-0.4, -0.2) is 52.3 Å². The molecule has 0 radical (unpaired) electrons. The number of aromatic nitrogens is 6. The summed E-state index contributed by atoms with van der Waals surface area (Å²) < 4.78 is 6.75. The zero-order valence-corrected chi connectivity index (χ0v) is 19.7. The van der Waals surface area contributed by atoms with Crippen molar-refractivity contribution >= 4 is 17.9 Å². The number of benzene rings is 2. The first-order valence-electron chi connectivity index (χ1n) is 10.6. The van der Waals surface area contributed by atoms with Gasteiger partial charge in [-0.15, -0.1) is 10.2 Å². The largest absolute Gasteiger partial charge is 0.512 e. The summed E-state index contributed by atoms with van der Waals surface area (Å²) in [5, 5.41) is 34.7. The Balaban J connectivity index is 1.70. The Kier molecular flexibility index (Phi) is 6.66. The standard InChI is InChI=1S/C23H24N6O4S/c1-4-34-21-24-18(23(2,3)32)20(33-22(30)31)29(21)13-14-9-11-15(12-10-14)16-7-5-6-8-17(16)19-25-27-28-26-19/h5-12,32H,4,13H2,1-3H3,(H,30,31)(H,25,26,27,28). The molecule has 2 aromatic heterocycles. The molecule has 10 nitrogen and oxygen atoms in total. The second-order valence-electron chi connectivity index (χ2n) is 7.97.